The summed E-state index contributed by atoms with van der Waals surface area (Å²) in [5.74, 6) is 2.38. The first kappa shape index (κ1) is 40.5. The average Bonchev–Trinajstić information content (AvgIpc) is 3.44. The van der Waals surface area contributed by atoms with Crippen LogP contribution < -0.4 is 0 Å². The molecule has 4 saturated carbocycles. The van der Waals surface area contributed by atoms with Gasteiger partial charge in [0.05, 0.1) is 31.2 Å². The van der Waals surface area contributed by atoms with Gasteiger partial charge in [-0.05, 0) is 135 Å². The molecule has 0 saturated heterocycles. The highest BCUT2D eigenvalue weighted by Crippen LogP contribution is 2.69. The summed E-state index contributed by atoms with van der Waals surface area (Å²) in [6, 6.07) is 0. The van der Waals surface area contributed by atoms with E-state index in [0.717, 1.165) is 57.6 Å². The van der Waals surface area contributed by atoms with Gasteiger partial charge in [-0.25, -0.2) is 0 Å². The van der Waals surface area contributed by atoms with Crippen LogP contribution in [0.25, 0.3) is 31.3 Å². The maximum absolute atomic E-state index is 11.6. The largest absolute Gasteiger partial charge is 0.378 e. The highest BCUT2D eigenvalue weighted by molar-refractivity contribution is 7.85. The molecule has 4 aliphatic rings. The normalized spacial score (nSPS) is 35.4. The van der Waals surface area contributed by atoms with Gasteiger partial charge in [0.15, 0.2) is 0 Å². The van der Waals surface area contributed by atoms with E-state index in [9.17, 15) is 8.42 Å². The van der Waals surface area contributed by atoms with E-state index in [-0.39, 0.29) is 35.7 Å². The summed E-state index contributed by atoms with van der Waals surface area (Å²) >= 11 is 0. The predicted molar refractivity (Wildman–Crippen MR) is 190 cm³/mol. The lowest BCUT2D eigenvalue weighted by Gasteiger charge is -2.65. The highest BCUT2D eigenvalue weighted by atomic mass is 32.2. The first-order valence-electron chi connectivity index (χ1n) is 18.7. The fourth-order valence-electron chi connectivity index (χ4n) is 10.7. The van der Waals surface area contributed by atoms with Crippen LogP contribution in [0.3, 0.4) is 0 Å². The van der Waals surface area contributed by atoms with E-state index >= 15 is 0 Å². The Morgan fingerprint density at radius 2 is 1.40 bits per heavy atom. The maximum atomic E-state index is 11.6. The second kappa shape index (κ2) is 19.0. The van der Waals surface area contributed by atoms with Crippen molar-refractivity contribution in [3.05, 3.63) is 31.3 Å². The Morgan fingerprint density at radius 1 is 0.780 bits per heavy atom. The second-order valence-electron chi connectivity index (χ2n) is 15.6. The lowest BCUT2D eigenvalue weighted by molar-refractivity contribution is -0.227. The van der Waals surface area contributed by atoms with Gasteiger partial charge >= 0.3 is 0 Å². The molecule has 15 nitrogen and oxygen atoms in total. The number of rotatable bonds is 21. The van der Waals surface area contributed by atoms with Crippen LogP contribution in [0, 0.1) is 46.3 Å². The Balaban J connectivity index is 1.59. The zero-order chi connectivity index (χ0) is 36.2. The monoisotopic (exact) mass is 721 g/mol. The summed E-state index contributed by atoms with van der Waals surface area (Å²) in [6.07, 6.45) is 12.2. The summed E-state index contributed by atoms with van der Waals surface area (Å²) in [6.45, 7) is 10.4. The van der Waals surface area contributed by atoms with Crippen molar-refractivity contribution in [2.45, 2.75) is 116 Å². The molecule has 4 aliphatic carbocycles. The van der Waals surface area contributed by atoms with Crippen LogP contribution in [0.2, 0.25) is 0 Å². The lowest BCUT2D eigenvalue weighted by atomic mass is 9.43. The van der Waals surface area contributed by atoms with Crippen LogP contribution in [0.1, 0.15) is 97.8 Å². The van der Waals surface area contributed by atoms with Gasteiger partial charge < -0.3 is 14.2 Å². The zero-order valence-electron chi connectivity index (χ0n) is 30.5. The Morgan fingerprint density at radius 3 is 2.02 bits per heavy atom. The molecule has 0 amide bonds. The molecule has 0 spiro atoms. The molecule has 282 valence electrons. The molecule has 4 rings (SSSR count). The summed E-state index contributed by atoms with van der Waals surface area (Å²) in [7, 11) is -3.47. The third-order valence-corrected chi connectivity index (χ3v) is 13.5. The Bertz CT molecular complexity index is 1350. The van der Waals surface area contributed by atoms with Crippen molar-refractivity contribution in [1.82, 2.24) is 0 Å². The predicted octanol–water partition coefficient (Wildman–Crippen LogP) is 8.51. The molecular formula is C34H59N9O6S. The molecule has 0 aromatic carbocycles. The molecule has 0 N–H and O–H groups in total. The second-order valence-corrected chi connectivity index (χ2v) is 17.3. The third kappa shape index (κ3) is 9.98. The van der Waals surface area contributed by atoms with Crippen LogP contribution >= 0.6 is 0 Å². The minimum absolute atomic E-state index is 0.0397. The van der Waals surface area contributed by atoms with Gasteiger partial charge in [-0.2, -0.15) is 8.42 Å². The molecule has 0 heterocycles. The van der Waals surface area contributed by atoms with Crippen LogP contribution in [-0.4, -0.2) is 79.0 Å². The van der Waals surface area contributed by atoms with Crippen molar-refractivity contribution in [2.75, 3.05) is 52.3 Å². The molecule has 4 fully saturated rings. The number of hydrogen-bond donors (Lipinski definition) is 0. The van der Waals surface area contributed by atoms with Crippen molar-refractivity contribution in [2.24, 2.45) is 61.7 Å². The maximum Gasteiger partial charge on any atom is 0.264 e. The van der Waals surface area contributed by atoms with Crippen LogP contribution in [0.15, 0.2) is 15.3 Å². The highest BCUT2D eigenvalue weighted by Gasteiger charge is 2.66. The quantitative estimate of drug-likeness (QED) is 0.0371. The van der Waals surface area contributed by atoms with E-state index in [4.69, 9.17) is 35.0 Å². The number of nitrogens with zero attached hydrogens (tertiary/aromatic N) is 9. The topological polar surface area (TPSA) is 217 Å². The minimum Gasteiger partial charge on any atom is -0.378 e. The number of azide groups is 3. The van der Waals surface area contributed by atoms with Crippen molar-refractivity contribution in [1.29, 1.82) is 0 Å². The molecule has 0 bridgehead atoms. The van der Waals surface area contributed by atoms with E-state index in [1.54, 1.807) is 0 Å². The van der Waals surface area contributed by atoms with Crippen molar-refractivity contribution in [3.63, 3.8) is 0 Å². The average molecular weight is 722 g/mol. The Labute approximate surface area is 297 Å². The molecule has 0 radical (unpaired) electrons. The first-order valence-corrected chi connectivity index (χ1v) is 20.5. The molecule has 0 aromatic heterocycles. The van der Waals surface area contributed by atoms with Gasteiger partial charge in [0.2, 0.25) is 0 Å². The van der Waals surface area contributed by atoms with E-state index in [2.05, 4.69) is 50.8 Å². The number of fused-ring (bicyclic) bond motifs is 5. The van der Waals surface area contributed by atoms with E-state index < -0.39 is 10.1 Å². The summed E-state index contributed by atoms with van der Waals surface area (Å²) in [5, 5.41) is 11.1. The standard InChI is InChI=1S/C34H59N9O6S/c1-24(9-5-20-49-50(4,44)45)27-10-11-28-32-29(23-31(34(27,28)3)48-19-8-16-40-43-37)33(2)13-12-26(46-17-6-14-38-41-35)21-25(33)22-30(32)47-18-7-15-39-42-36/h24-32H,5-23H2,1-4H3/t24-,25+,26-,27?,28+,29+,30-,31+,32+,33+,34-/m1/s1. The molecular weight excluding hydrogens is 662 g/mol. The van der Waals surface area contributed by atoms with Crippen molar-refractivity contribution in [3.8, 4) is 0 Å². The third-order valence-electron chi connectivity index (χ3n) is 12.9. The number of ether oxygens (including phenoxy) is 3. The molecule has 16 heteroatoms. The summed E-state index contributed by atoms with van der Waals surface area (Å²) < 4.78 is 48.3. The number of hydrogen-bond acceptors (Lipinski definition) is 9. The van der Waals surface area contributed by atoms with Gasteiger partial charge in [-0.15, -0.1) is 0 Å². The summed E-state index contributed by atoms with van der Waals surface area (Å²) in [4.78, 5) is 8.70. The fraction of sp³-hybridized carbons (Fsp3) is 1.00. The van der Waals surface area contributed by atoms with E-state index in [1.807, 2.05) is 0 Å². The Kier molecular flexibility index (Phi) is 15.4. The molecule has 50 heavy (non-hydrogen) atoms. The van der Waals surface area contributed by atoms with Gasteiger partial charge in [0, 0.05) is 59.6 Å². The van der Waals surface area contributed by atoms with Gasteiger partial charge in [0.1, 0.15) is 0 Å². The molecule has 0 aliphatic heterocycles. The zero-order valence-corrected chi connectivity index (χ0v) is 31.3. The minimum atomic E-state index is -3.47. The van der Waals surface area contributed by atoms with Crippen molar-refractivity contribution >= 4 is 10.1 Å². The van der Waals surface area contributed by atoms with Crippen molar-refractivity contribution < 1.29 is 26.8 Å². The molecule has 1 unspecified atom stereocenters. The summed E-state index contributed by atoms with van der Waals surface area (Å²) in [5.41, 5.74) is 26.3. The van der Waals surface area contributed by atoms with Crippen LogP contribution in [-0.2, 0) is 28.5 Å². The fourth-order valence-corrected chi connectivity index (χ4v) is 11.1. The van der Waals surface area contributed by atoms with E-state index in [0.29, 0.717) is 101 Å². The Hall–Kier alpha value is -2.28. The van der Waals surface area contributed by atoms with Crippen LogP contribution in [0.5, 0.6) is 0 Å². The molecule has 0 aromatic rings. The van der Waals surface area contributed by atoms with Gasteiger partial charge in [-0.3, -0.25) is 4.18 Å². The SMILES string of the molecule is C[C@H](CCCOS(C)(=O)=O)C1CC[C@H]2[C@@H]3[C@H](OCCCN=[N+]=[N-])C[C@@H]4C[C@H](OCCCN=[N+]=[N-])CC[C@]4(C)[C@H]3C[C@H](OCCCN=[N+]=[N-])[C@]12C. The van der Waals surface area contributed by atoms with E-state index in [1.165, 1.54) is 0 Å². The smallest absolute Gasteiger partial charge is 0.264 e. The van der Waals surface area contributed by atoms with Gasteiger partial charge in [0.25, 0.3) is 10.1 Å². The molecule has 11 atom stereocenters. The lowest BCUT2D eigenvalue weighted by Crippen LogP contribution is -2.63. The van der Waals surface area contributed by atoms with Gasteiger partial charge in [-0.1, -0.05) is 36.1 Å². The van der Waals surface area contributed by atoms with Crippen LogP contribution in [0.4, 0.5) is 0 Å². The first-order chi connectivity index (χ1) is 24.0.